The van der Waals surface area contributed by atoms with Gasteiger partial charge in [-0.1, -0.05) is 77.8 Å². The van der Waals surface area contributed by atoms with Gasteiger partial charge < -0.3 is 15.2 Å². The fourth-order valence-corrected chi connectivity index (χ4v) is 13.1. The van der Waals surface area contributed by atoms with Crippen molar-refractivity contribution in [1.82, 2.24) is 5.32 Å². The first kappa shape index (κ1) is 36.9. The topological polar surface area (TPSA) is 75.6 Å². The quantitative estimate of drug-likeness (QED) is 0.311. The molecule has 0 aromatic heterocycles. The molecule has 9 atom stereocenters. The number of ketones is 1. The molecule has 6 rings (SSSR count). The number of hydrogen-bond acceptors (Lipinski definition) is 4. The van der Waals surface area contributed by atoms with Crippen LogP contribution in [-0.2, 0) is 16.0 Å². The molecule has 5 aliphatic rings. The third-order valence-electron chi connectivity index (χ3n) is 15.3. The average molecular weight is 694 g/mol. The molecular weight excluding hydrogens is 630 g/mol. The summed E-state index contributed by atoms with van der Waals surface area (Å²) in [5.74, 6) is 1.93. The summed E-state index contributed by atoms with van der Waals surface area (Å²) in [5, 5.41) is 14.8. The van der Waals surface area contributed by atoms with E-state index in [-0.39, 0.29) is 45.2 Å². The number of alkyl carbamates (subject to hydrolysis) is 1. The zero-order valence-electron chi connectivity index (χ0n) is 32.1. The van der Waals surface area contributed by atoms with E-state index in [0.29, 0.717) is 47.8 Å². The Morgan fingerprint density at radius 3 is 2.24 bits per heavy atom. The summed E-state index contributed by atoms with van der Waals surface area (Å²) >= 11 is 6.25. The first-order valence-corrected chi connectivity index (χ1v) is 19.7. The zero-order valence-corrected chi connectivity index (χ0v) is 32.9. The van der Waals surface area contributed by atoms with Crippen LogP contribution in [0.3, 0.4) is 0 Å². The van der Waals surface area contributed by atoms with Crippen LogP contribution in [0, 0.1) is 50.7 Å². The van der Waals surface area contributed by atoms with Crippen molar-refractivity contribution in [2.75, 3.05) is 0 Å². The molecular formula is C43H64ClNO4. The van der Waals surface area contributed by atoms with Crippen molar-refractivity contribution in [1.29, 1.82) is 0 Å². The second kappa shape index (κ2) is 12.4. The molecule has 0 aliphatic heterocycles. The normalized spacial score (nSPS) is 39.1. The van der Waals surface area contributed by atoms with E-state index in [9.17, 15) is 14.7 Å². The van der Waals surface area contributed by atoms with Crippen LogP contribution in [0.25, 0.3) is 0 Å². The van der Waals surface area contributed by atoms with E-state index in [0.717, 1.165) is 49.7 Å². The minimum Gasteiger partial charge on any atom is -0.446 e. The van der Waals surface area contributed by atoms with Gasteiger partial charge in [-0.3, -0.25) is 4.79 Å². The number of benzene rings is 1. The standard InChI is InChI=1S/C43H64ClNO4/c1-26(2)35-31(46)25-43(24-29(49-37(48)45-38(3,4)5)23-27-11-13-28(44)14-12-27)22-21-41(9)30(36(35)43)15-16-33-40(8)19-18-34(47)39(6,7)32(40)17-20-42(33,41)10/h11-14,26,29-30,32-34,47H,15-25H2,1-10H3,(H,45,48)/t29?,30-,32+,33-,34+,40+,41-,42-,43-/m1/s1. The Labute approximate surface area is 301 Å². The maximum absolute atomic E-state index is 14.2. The lowest BCUT2D eigenvalue weighted by atomic mass is 9.33. The van der Waals surface area contributed by atoms with Crippen LogP contribution in [-0.4, -0.2) is 34.7 Å². The van der Waals surface area contributed by atoms with Gasteiger partial charge in [0.1, 0.15) is 6.10 Å². The van der Waals surface area contributed by atoms with Gasteiger partial charge in [-0.15, -0.1) is 0 Å². The lowest BCUT2D eigenvalue weighted by Gasteiger charge is -2.72. The highest BCUT2D eigenvalue weighted by molar-refractivity contribution is 6.30. The molecule has 0 saturated heterocycles. The molecule has 4 fully saturated rings. The first-order valence-electron chi connectivity index (χ1n) is 19.4. The van der Waals surface area contributed by atoms with Crippen molar-refractivity contribution in [3.8, 4) is 0 Å². The van der Waals surface area contributed by atoms with E-state index >= 15 is 0 Å². The van der Waals surface area contributed by atoms with Gasteiger partial charge in [-0.2, -0.15) is 0 Å². The molecule has 1 amide bonds. The molecule has 4 saturated carbocycles. The minimum atomic E-state index is -0.415. The van der Waals surface area contributed by atoms with E-state index in [1.54, 1.807) is 0 Å². The number of hydrogen-bond donors (Lipinski definition) is 2. The van der Waals surface area contributed by atoms with Gasteiger partial charge in [0, 0.05) is 28.8 Å². The van der Waals surface area contributed by atoms with Crippen molar-refractivity contribution in [2.45, 2.75) is 158 Å². The minimum absolute atomic E-state index is 0.0720. The third-order valence-corrected chi connectivity index (χ3v) is 15.6. The number of carbonyl (C=O) groups is 2. The van der Waals surface area contributed by atoms with Gasteiger partial charge in [-0.25, -0.2) is 4.79 Å². The van der Waals surface area contributed by atoms with Crippen molar-refractivity contribution in [2.24, 2.45) is 50.7 Å². The summed E-state index contributed by atoms with van der Waals surface area (Å²) in [6, 6.07) is 7.85. The van der Waals surface area contributed by atoms with Crippen molar-refractivity contribution < 1.29 is 19.4 Å². The second-order valence-electron chi connectivity index (χ2n) is 19.8. The first-order chi connectivity index (χ1) is 22.7. The van der Waals surface area contributed by atoms with Crippen molar-refractivity contribution in [3.05, 3.63) is 46.0 Å². The number of fused-ring (bicyclic) bond motifs is 7. The largest absolute Gasteiger partial charge is 0.446 e. The Bertz CT molecular complexity index is 1490. The number of carbonyl (C=O) groups excluding carboxylic acids is 2. The Morgan fingerprint density at radius 1 is 0.939 bits per heavy atom. The van der Waals surface area contributed by atoms with Gasteiger partial charge >= 0.3 is 6.09 Å². The molecule has 0 radical (unpaired) electrons. The molecule has 49 heavy (non-hydrogen) atoms. The number of ether oxygens (including phenoxy) is 1. The number of halogens is 1. The Kier molecular flexibility index (Phi) is 9.33. The van der Waals surface area contributed by atoms with Crippen molar-refractivity contribution >= 4 is 23.5 Å². The molecule has 1 aromatic carbocycles. The lowest BCUT2D eigenvalue weighted by Crippen LogP contribution is -2.65. The zero-order chi connectivity index (χ0) is 35.9. The Morgan fingerprint density at radius 2 is 1.61 bits per heavy atom. The van der Waals surface area contributed by atoms with E-state index in [1.807, 2.05) is 45.0 Å². The molecule has 5 nitrogen and oxygen atoms in total. The highest BCUT2D eigenvalue weighted by Crippen LogP contribution is 2.77. The van der Waals surface area contributed by atoms with Gasteiger partial charge in [0.15, 0.2) is 5.78 Å². The SMILES string of the molecule is CC(C)C1=C2[C@H]3CC[C@@H]4[C@@]5(C)CC[C@H](O)C(C)(C)[C@@H]5CC[C@@]4(C)[C@]3(C)CC[C@@]2(CC(Cc2ccc(Cl)cc2)OC(=O)NC(C)(C)C)CC1=O. The highest BCUT2D eigenvalue weighted by Gasteiger charge is 2.70. The molecule has 5 aliphatic carbocycles. The number of nitrogens with one attached hydrogen (secondary N) is 1. The van der Waals surface area contributed by atoms with E-state index in [1.165, 1.54) is 18.4 Å². The molecule has 6 heteroatoms. The molecule has 1 aromatic rings. The molecule has 2 N–H and O–H groups in total. The van der Waals surface area contributed by atoms with Crippen LogP contribution in [0.15, 0.2) is 35.4 Å². The van der Waals surface area contributed by atoms with E-state index < -0.39 is 11.6 Å². The molecule has 272 valence electrons. The van der Waals surface area contributed by atoms with Crippen LogP contribution in [0.1, 0.15) is 139 Å². The highest BCUT2D eigenvalue weighted by atomic mass is 35.5. The van der Waals surface area contributed by atoms with E-state index in [2.05, 4.69) is 53.8 Å². The van der Waals surface area contributed by atoms with Crippen LogP contribution < -0.4 is 5.32 Å². The summed E-state index contributed by atoms with van der Waals surface area (Å²) < 4.78 is 6.33. The van der Waals surface area contributed by atoms with Gasteiger partial charge in [0.2, 0.25) is 0 Å². The molecule has 0 heterocycles. The number of allylic oxidation sites excluding steroid dienone is 2. The maximum Gasteiger partial charge on any atom is 0.407 e. The predicted octanol–water partition coefficient (Wildman–Crippen LogP) is 10.5. The van der Waals surface area contributed by atoms with E-state index in [4.69, 9.17) is 16.3 Å². The fourth-order valence-electron chi connectivity index (χ4n) is 12.9. The second-order valence-corrected chi connectivity index (χ2v) is 20.2. The maximum atomic E-state index is 14.2. The number of aliphatic hydroxyl groups excluding tert-OH is 1. The summed E-state index contributed by atoms with van der Waals surface area (Å²) in [4.78, 5) is 27.6. The molecule has 0 bridgehead atoms. The number of Topliss-reactive ketones (excluding diaryl/α,β-unsaturated/α-hetero) is 1. The smallest absolute Gasteiger partial charge is 0.407 e. The van der Waals surface area contributed by atoms with Crippen LogP contribution in [0.2, 0.25) is 5.02 Å². The van der Waals surface area contributed by atoms with Gasteiger partial charge in [0.05, 0.1) is 6.10 Å². The monoisotopic (exact) mass is 693 g/mol. The summed E-state index contributed by atoms with van der Waals surface area (Å²) in [5.41, 5.74) is 3.21. The Balaban J connectivity index is 1.38. The van der Waals surface area contributed by atoms with Gasteiger partial charge in [-0.05, 0) is 147 Å². The third kappa shape index (κ3) is 6.03. The molecule has 0 spiro atoms. The summed E-state index contributed by atoms with van der Waals surface area (Å²) in [6.45, 7) is 22.7. The summed E-state index contributed by atoms with van der Waals surface area (Å²) in [7, 11) is 0. The predicted molar refractivity (Wildman–Crippen MR) is 198 cm³/mol. The lowest BCUT2D eigenvalue weighted by molar-refractivity contribution is -0.228. The van der Waals surface area contributed by atoms with Crippen LogP contribution in [0.5, 0.6) is 0 Å². The number of amides is 1. The van der Waals surface area contributed by atoms with Crippen molar-refractivity contribution in [3.63, 3.8) is 0 Å². The number of aliphatic hydroxyl groups is 1. The summed E-state index contributed by atoms with van der Waals surface area (Å²) in [6.07, 6.45) is 9.41. The van der Waals surface area contributed by atoms with Crippen LogP contribution in [0.4, 0.5) is 4.79 Å². The Hall–Kier alpha value is -1.85. The molecule has 1 unspecified atom stereocenters. The van der Waals surface area contributed by atoms with Crippen LogP contribution >= 0.6 is 11.6 Å². The fraction of sp³-hybridized carbons (Fsp3) is 0.767. The van der Waals surface area contributed by atoms with Gasteiger partial charge in [0.25, 0.3) is 0 Å². The number of rotatable bonds is 6. The average Bonchev–Trinajstić information content (AvgIpc) is 3.27.